The standard InChI is InChI=1S/C18H21F3N6O2/c1-26-7-13(24-9-26)17(29)25-12-2-10-5-27(6-11(10)3-14(12)28)16-4-15(18(19,20)21)22-8-23-16/h4,7-12,14,28H,2-3,5-6H2,1H3,(H,25,29)/t10-,11+,12-,14-/m0/s1. The highest BCUT2D eigenvalue weighted by Gasteiger charge is 2.43. The van der Waals surface area contributed by atoms with Gasteiger partial charge in [0.05, 0.1) is 18.5 Å². The molecule has 1 saturated carbocycles. The molecular weight excluding hydrogens is 389 g/mol. The van der Waals surface area contributed by atoms with Gasteiger partial charge in [-0.15, -0.1) is 0 Å². The van der Waals surface area contributed by atoms with Crippen molar-refractivity contribution in [3.63, 3.8) is 0 Å². The van der Waals surface area contributed by atoms with Gasteiger partial charge in [0.25, 0.3) is 5.91 Å². The molecule has 2 aromatic heterocycles. The van der Waals surface area contributed by atoms with Crippen LogP contribution in [0.1, 0.15) is 29.0 Å². The number of nitrogens with one attached hydrogen (secondary N) is 1. The van der Waals surface area contributed by atoms with Crippen LogP contribution in [0.3, 0.4) is 0 Å². The molecule has 2 aliphatic rings. The topological polar surface area (TPSA) is 96.2 Å². The first kappa shape index (κ1) is 19.6. The number of anilines is 1. The Morgan fingerprint density at radius 3 is 2.59 bits per heavy atom. The molecule has 11 heteroatoms. The maximum absolute atomic E-state index is 12.9. The summed E-state index contributed by atoms with van der Waals surface area (Å²) in [5.41, 5.74) is -0.701. The minimum atomic E-state index is -4.53. The van der Waals surface area contributed by atoms with Crippen molar-refractivity contribution >= 4 is 11.7 Å². The molecule has 4 atom stereocenters. The highest BCUT2D eigenvalue weighted by Crippen LogP contribution is 2.39. The van der Waals surface area contributed by atoms with E-state index in [4.69, 9.17) is 0 Å². The van der Waals surface area contributed by atoms with Gasteiger partial charge in [-0.25, -0.2) is 15.0 Å². The zero-order valence-electron chi connectivity index (χ0n) is 15.7. The van der Waals surface area contributed by atoms with Crippen molar-refractivity contribution in [2.75, 3.05) is 18.0 Å². The Kier molecular flexibility index (Phi) is 4.93. The maximum Gasteiger partial charge on any atom is 0.433 e. The molecule has 8 nitrogen and oxygen atoms in total. The normalized spacial score (nSPS) is 27.0. The van der Waals surface area contributed by atoms with E-state index < -0.39 is 24.0 Å². The Bertz CT molecular complexity index is 902. The smallest absolute Gasteiger partial charge is 0.391 e. The van der Waals surface area contributed by atoms with Crippen LogP contribution < -0.4 is 10.2 Å². The molecule has 2 N–H and O–H groups in total. The van der Waals surface area contributed by atoms with Gasteiger partial charge in [0.2, 0.25) is 0 Å². The number of hydrogen-bond acceptors (Lipinski definition) is 6. The van der Waals surface area contributed by atoms with Crippen molar-refractivity contribution in [3.8, 4) is 0 Å². The number of fused-ring (bicyclic) bond motifs is 1. The maximum atomic E-state index is 12.9. The van der Waals surface area contributed by atoms with Crippen LogP contribution in [0.25, 0.3) is 0 Å². The van der Waals surface area contributed by atoms with E-state index in [1.54, 1.807) is 22.7 Å². The number of imidazole rings is 1. The number of aromatic nitrogens is 4. The van der Waals surface area contributed by atoms with Gasteiger partial charge < -0.3 is 19.9 Å². The number of carbonyl (C=O) groups is 1. The molecule has 1 saturated heterocycles. The lowest BCUT2D eigenvalue weighted by Crippen LogP contribution is -2.49. The van der Waals surface area contributed by atoms with Crippen molar-refractivity contribution < 1.29 is 23.1 Å². The minimum absolute atomic E-state index is 0.123. The summed E-state index contributed by atoms with van der Waals surface area (Å²) in [5, 5.41) is 13.3. The number of halogens is 3. The number of rotatable bonds is 3. The summed E-state index contributed by atoms with van der Waals surface area (Å²) in [6.07, 6.45) is -0.207. The molecule has 0 radical (unpaired) electrons. The average molecular weight is 410 g/mol. The summed E-state index contributed by atoms with van der Waals surface area (Å²) in [4.78, 5) is 25.4. The summed E-state index contributed by atoms with van der Waals surface area (Å²) in [6, 6.07) is 0.524. The Morgan fingerprint density at radius 1 is 1.21 bits per heavy atom. The van der Waals surface area contributed by atoms with E-state index in [1.807, 2.05) is 0 Å². The van der Waals surface area contributed by atoms with Crippen molar-refractivity contribution in [2.24, 2.45) is 18.9 Å². The first-order valence-electron chi connectivity index (χ1n) is 9.32. The number of nitrogens with zero attached hydrogens (tertiary/aromatic N) is 5. The zero-order chi connectivity index (χ0) is 20.8. The summed E-state index contributed by atoms with van der Waals surface area (Å²) in [6.45, 7) is 1.03. The third kappa shape index (κ3) is 4.04. The fourth-order valence-corrected chi connectivity index (χ4v) is 4.22. The lowest BCUT2D eigenvalue weighted by atomic mass is 9.77. The van der Waals surface area contributed by atoms with Gasteiger partial charge in [0, 0.05) is 32.4 Å². The molecule has 0 aromatic carbocycles. The number of aryl methyl sites for hydroxylation is 1. The van der Waals surface area contributed by atoms with E-state index in [-0.39, 0.29) is 29.3 Å². The van der Waals surface area contributed by atoms with Gasteiger partial charge in [-0.1, -0.05) is 0 Å². The molecule has 0 bridgehead atoms. The minimum Gasteiger partial charge on any atom is -0.391 e. The lowest BCUT2D eigenvalue weighted by Gasteiger charge is -2.35. The van der Waals surface area contributed by atoms with Gasteiger partial charge in [0.15, 0.2) is 0 Å². The Hall–Kier alpha value is -2.69. The second-order valence-electron chi connectivity index (χ2n) is 7.73. The highest BCUT2D eigenvalue weighted by molar-refractivity contribution is 5.92. The zero-order valence-corrected chi connectivity index (χ0v) is 15.7. The molecule has 29 heavy (non-hydrogen) atoms. The van der Waals surface area contributed by atoms with E-state index in [0.29, 0.717) is 25.9 Å². The van der Waals surface area contributed by atoms with E-state index in [2.05, 4.69) is 20.3 Å². The highest BCUT2D eigenvalue weighted by atomic mass is 19.4. The summed E-state index contributed by atoms with van der Waals surface area (Å²) in [5.74, 6) is 0.132. The summed E-state index contributed by atoms with van der Waals surface area (Å²) >= 11 is 0. The predicted molar refractivity (Wildman–Crippen MR) is 95.9 cm³/mol. The fourth-order valence-electron chi connectivity index (χ4n) is 4.22. The molecular formula is C18H21F3N6O2. The van der Waals surface area contributed by atoms with Crippen molar-refractivity contribution in [2.45, 2.75) is 31.2 Å². The van der Waals surface area contributed by atoms with Gasteiger partial charge in [-0.05, 0) is 24.7 Å². The van der Waals surface area contributed by atoms with E-state index in [0.717, 1.165) is 12.4 Å². The number of carbonyl (C=O) groups excluding carboxylic acids is 1. The van der Waals surface area contributed by atoms with Crippen molar-refractivity contribution in [1.82, 2.24) is 24.8 Å². The van der Waals surface area contributed by atoms with Crippen LogP contribution >= 0.6 is 0 Å². The van der Waals surface area contributed by atoms with Crippen molar-refractivity contribution in [3.05, 3.63) is 36.3 Å². The molecule has 1 aliphatic carbocycles. The number of aliphatic hydroxyl groups is 1. The van der Waals surface area contributed by atoms with E-state index in [9.17, 15) is 23.1 Å². The van der Waals surface area contributed by atoms with Crippen LogP contribution in [0.15, 0.2) is 24.9 Å². The SMILES string of the molecule is Cn1cnc(C(=O)N[C@H]2C[C@H]3CN(c4cc(C(F)(F)F)ncn4)C[C@H]3C[C@@H]2O)c1. The largest absolute Gasteiger partial charge is 0.433 e. The third-order valence-corrected chi connectivity index (χ3v) is 5.66. The van der Waals surface area contributed by atoms with Crippen molar-refractivity contribution in [1.29, 1.82) is 0 Å². The van der Waals surface area contributed by atoms with Gasteiger partial charge in [-0.2, -0.15) is 13.2 Å². The van der Waals surface area contributed by atoms with Crippen LogP contribution in [-0.4, -0.2) is 55.8 Å². The monoisotopic (exact) mass is 410 g/mol. The summed E-state index contributed by atoms with van der Waals surface area (Å²) in [7, 11) is 1.76. The van der Waals surface area contributed by atoms with E-state index in [1.165, 1.54) is 6.33 Å². The molecule has 2 fully saturated rings. The van der Waals surface area contributed by atoms with E-state index >= 15 is 0 Å². The molecule has 3 heterocycles. The third-order valence-electron chi connectivity index (χ3n) is 5.66. The second kappa shape index (κ2) is 7.29. The number of alkyl halides is 3. The summed E-state index contributed by atoms with van der Waals surface area (Å²) < 4.78 is 40.4. The average Bonchev–Trinajstić information content (AvgIpc) is 3.27. The Morgan fingerprint density at radius 2 is 1.93 bits per heavy atom. The second-order valence-corrected chi connectivity index (χ2v) is 7.73. The van der Waals surface area contributed by atoms with Gasteiger partial charge in [-0.3, -0.25) is 4.79 Å². The van der Waals surface area contributed by atoms with Gasteiger partial charge >= 0.3 is 6.18 Å². The van der Waals surface area contributed by atoms with Crippen LogP contribution in [0.5, 0.6) is 0 Å². The molecule has 2 aromatic rings. The van der Waals surface area contributed by atoms with Crippen LogP contribution in [0.2, 0.25) is 0 Å². The molecule has 1 amide bonds. The van der Waals surface area contributed by atoms with Crippen LogP contribution in [-0.2, 0) is 13.2 Å². The predicted octanol–water partition coefficient (Wildman–Crippen LogP) is 1.23. The number of aliphatic hydroxyl groups excluding tert-OH is 1. The van der Waals surface area contributed by atoms with Crippen LogP contribution in [0, 0.1) is 11.8 Å². The molecule has 0 spiro atoms. The first-order valence-corrected chi connectivity index (χ1v) is 9.32. The molecule has 4 rings (SSSR count). The molecule has 1 aliphatic heterocycles. The Labute approximate surface area is 164 Å². The molecule has 0 unspecified atom stereocenters. The lowest BCUT2D eigenvalue weighted by molar-refractivity contribution is -0.141. The number of hydrogen-bond donors (Lipinski definition) is 2. The van der Waals surface area contributed by atoms with Crippen LogP contribution in [0.4, 0.5) is 19.0 Å². The number of amides is 1. The van der Waals surface area contributed by atoms with Gasteiger partial charge in [0.1, 0.15) is 23.5 Å². The fraction of sp³-hybridized carbons (Fsp3) is 0.556. The Balaban J connectivity index is 1.43. The molecule has 156 valence electrons. The quantitative estimate of drug-likeness (QED) is 0.791. The first-order chi connectivity index (χ1) is 13.7.